The number of hydrogen-bond donors (Lipinski definition) is 2. The Bertz CT molecular complexity index is 1410. The zero-order chi connectivity index (χ0) is 24.4. The van der Waals surface area contributed by atoms with Gasteiger partial charge in [-0.3, -0.25) is 4.98 Å². The Hall–Kier alpha value is -3.55. The van der Waals surface area contributed by atoms with E-state index in [0.29, 0.717) is 12.4 Å². The van der Waals surface area contributed by atoms with Crippen molar-refractivity contribution in [1.82, 2.24) is 15.0 Å². The fourth-order valence-electron chi connectivity index (χ4n) is 4.15. The summed E-state index contributed by atoms with van der Waals surface area (Å²) >= 11 is 1.73. The lowest BCUT2D eigenvalue weighted by Crippen LogP contribution is -2.31. The maximum absolute atomic E-state index is 6.51. The molecule has 3 N–H and O–H groups in total. The lowest BCUT2D eigenvalue weighted by molar-refractivity contribution is 0.567. The second kappa shape index (κ2) is 9.60. The third-order valence-corrected chi connectivity index (χ3v) is 7.45. The molecule has 178 valence electrons. The highest BCUT2D eigenvalue weighted by Gasteiger charge is 2.28. The molecule has 4 heterocycles. The van der Waals surface area contributed by atoms with Crippen molar-refractivity contribution in [3.63, 3.8) is 0 Å². The average Bonchev–Trinajstić information content (AvgIpc) is 3.51. The molecule has 0 aliphatic carbocycles. The SMILES string of the molecule is CC(C)(C)c1sc2c(NC[C@@H](N)Cc3ccccc3)nc(-c3ccncc3)nc2c1-c1ccoc1. The number of benzene rings is 1. The molecule has 0 radical (unpaired) electrons. The van der Waals surface area contributed by atoms with E-state index in [4.69, 9.17) is 20.1 Å². The third kappa shape index (κ3) is 4.97. The van der Waals surface area contributed by atoms with Crippen LogP contribution in [-0.4, -0.2) is 27.5 Å². The molecule has 0 aliphatic heterocycles. The van der Waals surface area contributed by atoms with Gasteiger partial charge in [-0.15, -0.1) is 11.3 Å². The van der Waals surface area contributed by atoms with Crippen LogP contribution in [0.2, 0.25) is 0 Å². The first-order valence-electron chi connectivity index (χ1n) is 11.7. The van der Waals surface area contributed by atoms with Gasteiger partial charge in [0.2, 0.25) is 0 Å². The van der Waals surface area contributed by atoms with Gasteiger partial charge in [0.25, 0.3) is 0 Å². The van der Waals surface area contributed by atoms with Crippen LogP contribution in [0.1, 0.15) is 31.2 Å². The average molecular weight is 484 g/mol. The van der Waals surface area contributed by atoms with Crippen molar-refractivity contribution in [2.75, 3.05) is 11.9 Å². The third-order valence-electron chi connectivity index (χ3n) is 5.84. The molecule has 6 nitrogen and oxygen atoms in total. The molecular formula is C28H29N5OS. The molecule has 5 rings (SSSR count). The van der Waals surface area contributed by atoms with Crippen LogP contribution in [0.5, 0.6) is 0 Å². The van der Waals surface area contributed by atoms with E-state index >= 15 is 0 Å². The summed E-state index contributed by atoms with van der Waals surface area (Å²) in [6, 6.07) is 16.1. The van der Waals surface area contributed by atoms with E-state index in [-0.39, 0.29) is 11.5 Å². The van der Waals surface area contributed by atoms with Crippen molar-refractivity contribution < 1.29 is 4.42 Å². The molecular weight excluding hydrogens is 454 g/mol. The van der Waals surface area contributed by atoms with E-state index < -0.39 is 0 Å². The second-order valence-electron chi connectivity index (χ2n) is 9.71. The van der Waals surface area contributed by atoms with E-state index in [2.05, 4.69) is 43.2 Å². The summed E-state index contributed by atoms with van der Waals surface area (Å²) in [4.78, 5) is 15.4. The van der Waals surface area contributed by atoms with Crippen LogP contribution in [0.15, 0.2) is 77.9 Å². The lowest BCUT2D eigenvalue weighted by Gasteiger charge is -2.18. The van der Waals surface area contributed by atoms with Crippen molar-refractivity contribution in [2.45, 2.75) is 38.6 Å². The molecule has 35 heavy (non-hydrogen) atoms. The molecule has 0 fully saturated rings. The van der Waals surface area contributed by atoms with Gasteiger partial charge in [-0.05, 0) is 35.6 Å². The molecule has 0 amide bonds. The fourth-order valence-corrected chi connectivity index (χ4v) is 5.43. The maximum atomic E-state index is 6.51. The normalized spacial score (nSPS) is 12.7. The summed E-state index contributed by atoms with van der Waals surface area (Å²) in [5, 5.41) is 3.55. The number of nitrogens with two attached hydrogens (primary N) is 1. The van der Waals surface area contributed by atoms with Gasteiger partial charge in [0, 0.05) is 46.5 Å². The van der Waals surface area contributed by atoms with Crippen LogP contribution < -0.4 is 11.1 Å². The Morgan fingerprint density at radius 1 is 1.00 bits per heavy atom. The summed E-state index contributed by atoms with van der Waals surface area (Å²) in [5.41, 5.74) is 11.6. The molecule has 1 atom stereocenters. The predicted octanol–water partition coefficient (Wildman–Crippen LogP) is 6.29. The van der Waals surface area contributed by atoms with Gasteiger partial charge in [0.05, 0.1) is 22.7 Å². The van der Waals surface area contributed by atoms with Crippen LogP contribution in [0.25, 0.3) is 32.7 Å². The number of nitrogens with one attached hydrogen (secondary N) is 1. The zero-order valence-corrected chi connectivity index (χ0v) is 21.0. The van der Waals surface area contributed by atoms with E-state index in [1.165, 1.54) is 10.4 Å². The minimum atomic E-state index is -0.0736. The number of anilines is 1. The van der Waals surface area contributed by atoms with E-state index in [0.717, 1.165) is 39.1 Å². The first kappa shape index (κ1) is 23.2. The number of thiophene rings is 1. The Morgan fingerprint density at radius 2 is 1.77 bits per heavy atom. The molecule has 7 heteroatoms. The molecule has 0 spiro atoms. The Balaban J connectivity index is 1.60. The lowest BCUT2D eigenvalue weighted by atomic mass is 9.89. The van der Waals surface area contributed by atoms with Gasteiger partial charge >= 0.3 is 0 Å². The zero-order valence-electron chi connectivity index (χ0n) is 20.2. The Labute approximate surface area is 209 Å². The van der Waals surface area contributed by atoms with Crippen molar-refractivity contribution in [1.29, 1.82) is 0 Å². The highest BCUT2D eigenvalue weighted by Crippen LogP contribution is 2.46. The molecule has 0 bridgehead atoms. The van der Waals surface area contributed by atoms with Crippen LogP contribution in [0, 0.1) is 0 Å². The van der Waals surface area contributed by atoms with Gasteiger partial charge in [-0.1, -0.05) is 51.1 Å². The van der Waals surface area contributed by atoms with Crippen molar-refractivity contribution in [3.05, 3.63) is 83.9 Å². The number of nitrogens with zero attached hydrogens (tertiary/aromatic N) is 3. The van der Waals surface area contributed by atoms with Crippen molar-refractivity contribution in [3.8, 4) is 22.5 Å². The Kier molecular flexibility index (Phi) is 6.36. The van der Waals surface area contributed by atoms with E-state index in [1.54, 1.807) is 36.3 Å². The van der Waals surface area contributed by atoms with Crippen LogP contribution in [0.4, 0.5) is 5.82 Å². The van der Waals surface area contributed by atoms with Gasteiger partial charge in [-0.2, -0.15) is 0 Å². The smallest absolute Gasteiger partial charge is 0.162 e. The van der Waals surface area contributed by atoms with Gasteiger partial charge in [0.15, 0.2) is 5.82 Å². The van der Waals surface area contributed by atoms with Crippen molar-refractivity contribution >= 4 is 27.4 Å². The van der Waals surface area contributed by atoms with Gasteiger partial charge < -0.3 is 15.5 Å². The van der Waals surface area contributed by atoms with E-state index in [1.807, 2.05) is 36.4 Å². The number of fused-ring (bicyclic) bond motifs is 1. The summed E-state index contributed by atoms with van der Waals surface area (Å²) < 4.78 is 6.48. The summed E-state index contributed by atoms with van der Waals surface area (Å²) in [6.45, 7) is 7.27. The van der Waals surface area contributed by atoms with Crippen LogP contribution in [-0.2, 0) is 11.8 Å². The molecule has 0 aliphatic rings. The number of pyridine rings is 1. The molecule has 5 aromatic rings. The molecule has 0 saturated heterocycles. The summed E-state index contributed by atoms with van der Waals surface area (Å²) in [6.07, 6.45) is 7.80. The van der Waals surface area contributed by atoms with Crippen LogP contribution in [0.3, 0.4) is 0 Å². The number of hydrogen-bond acceptors (Lipinski definition) is 7. The number of furan rings is 1. The van der Waals surface area contributed by atoms with E-state index in [9.17, 15) is 0 Å². The Morgan fingerprint density at radius 3 is 2.46 bits per heavy atom. The number of aromatic nitrogens is 3. The molecule has 0 unspecified atom stereocenters. The first-order valence-corrected chi connectivity index (χ1v) is 12.5. The minimum absolute atomic E-state index is 0.0535. The number of rotatable bonds is 7. The van der Waals surface area contributed by atoms with Gasteiger partial charge in [-0.25, -0.2) is 9.97 Å². The largest absolute Gasteiger partial charge is 0.472 e. The predicted molar refractivity (Wildman–Crippen MR) is 144 cm³/mol. The minimum Gasteiger partial charge on any atom is -0.472 e. The summed E-state index contributed by atoms with van der Waals surface area (Å²) in [7, 11) is 0. The first-order chi connectivity index (χ1) is 16.9. The van der Waals surface area contributed by atoms with Crippen molar-refractivity contribution in [2.24, 2.45) is 5.73 Å². The molecule has 0 saturated carbocycles. The quantitative estimate of drug-likeness (QED) is 0.283. The van der Waals surface area contributed by atoms with Gasteiger partial charge in [0.1, 0.15) is 5.82 Å². The highest BCUT2D eigenvalue weighted by atomic mass is 32.1. The second-order valence-corrected chi connectivity index (χ2v) is 10.7. The summed E-state index contributed by atoms with van der Waals surface area (Å²) in [5.74, 6) is 1.46. The molecule has 4 aromatic heterocycles. The monoisotopic (exact) mass is 483 g/mol. The maximum Gasteiger partial charge on any atom is 0.162 e. The van der Waals surface area contributed by atoms with Crippen LogP contribution >= 0.6 is 11.3 Å². The standard InChI is InChI=1S/C28H29N5OS/c1-28(2,3)25-22(20-11-14-34-17-20)23-24(35-25)27(33-26(32-23)19-9-12-30-13-10-19)31-16-21(29)15-18-7-5-4-6-8-18/h4-14,17,21H,15-16,29H2,1-3H3,(H,31,32,33)/t21-/m0/s1. The highest BCUT2D eigenvalue weighted by molar-refractivity contribution is 7.20. The molecule has 1 aromatic carbocycles. The topological polar surface area (TPSA) is 89.9 Å². The fraction of sp³-hybridized carbons (Fsp3) is 0.250.